The van der Waals surface area contributed by atoms with Crippen LogP contribution in [-0.4, -0.2) is 0 Å². The van der Waals surface area contributed by atoms with Gasteiger partial charge in [0, 0.05) is 0 Å². The minimum atomic E-state index is -0.504. The van der Waals surface area contributed by atoms with Crippen molar-refractivity contribution >= 4 is 0 Å². The Bertz CT molecular complexity index is 396. The van der Waals surface area contributed by atoms with Crippen molar-refractivity contribution in [3.8, 4) is 12.1 Å². The molecule has 0 heterocycles. The molecular formula is C11H8N2. The van der Waals surface area contributed by atoms with Crippen LogP contribution in [0.15, 0.2) is 30.3 Å². The summed E-state index contributed by atoms with van der Waals surface area (Å²) in [6, 6.07) is 14.0. The molecule has 2 rings (SSSR count). The Morgan fingerprint density at radius 3 is 2.38 bits per heavy atom. The zero-order valence-corrected chi connectivity index (χ0v) is 7.07. The lowest BCUT2D eigenvalue weighted by atomic mass is 9.95. The van der Waals surface area contributed by atoms with Crippen molar-refractivity contribution in [2.45, 2.75) is 11.8 Å². The molecule has 0 unspecified atom stereocenters. The van der Waals surface area contributed by atoms with Gasteiger partial charge in [0.1, 0.15) is 0 Å². The molecule has 0 saturated heterocycles. The van der Waals surface area contributed by atoms with E-state index in [1.54, 1.807) is 0 Å². The highest BCUT2D eigenvalue weighted by atomic mass is 14.6. The minimum Gasteiger partial charge on any atom is -0.198 e. The number of nitriles is 2. The van der Waals surface area contributed by atoms with E-state index < -0.39 is 5.41 Å². The van der Waals surface area contributed by atoms with E-state index >= 15 is 0 Å². The highest BCUT2D eigenvalue weighted by Crippen LogP contribution is 2.53. The fourth-order valence-corrected chi connectivity index (χ4v) is 1.66. The molecule has 1 aliphatic rings. The molecule has 2 nitrogen and oxygen atoms in total. The molecule has 1 aliphatic carbocycles. The quantitative estimate of drug-likeness (QED) is 0.643. The predicted molar refractivity (Wildman–Crippen MR) is 47.5 cm³/mol. The molecule has 0 radical (unpaired) electrons. The van der Waals surface area contributed by atoms with Gasteiger partial charge in [-0.25, -0.2) is 0 Å². The molecule has 0 aliphatic heterocycles. The van der Waals surface area contributed by atoms with Crippen molar-refractivity contribution in [1.82, 2.24) is 0 Å². The average Bonchev–Trinajstić information content (AvgIpc) is 2.94. The molecule has 13 heavy (non-hydrogen) atoms. The highest BCUT2D eigenvalue weighted by molar-refractivity contribution is 5.44. The Labute approximate surface area is 77.0 Å². The SMILES string of the molecule is N#C[C@H]1C[C@@]1(C#N)c1ccccc1. The molecule has 0 spiro atoms. The smallest absolute Gasteiger partial charge is 0.0993 e. The second kappa shape index (κ2) is 2.61. The van der Waals surface area contributed by atoms with Gasteiger partial charge in [-0.2, -0.15) is 10.5 Å². The van der Waals surface area contributed by atoms with Crippen LogP contribution in [0.3, 0.4) is 0 Å². The number of hydrogen-bond acceptors (Lipinski definition) is 2. The van der Waals surface area contributed by atoms with E-state index in [1.165, 1.54) is 0 Å². The molecule has 1 saturated carbocycles. The van der Waals surface area contributed by atoms with Gasteiger partial charge in [0.25, 0.3) is 0 Å². The lowest BCUT2D eigenvalue weighted by Crippen LogP contribution is -2.05. The van der Waals surface area contributed by atoms with Crippen molar-refractivity contribution in [3.63, 3.8) is 0 Å². The summed E-state index contributed by atoms with van der Waals surface area (Å²) in [6.45, 7) is 0. The molecule has 2 atom stereocenters. The van der Waals surface area contributed by atoms with Gasteiger partial charge in [0.15, 0.2) is 0 Å². The van der Waals surface area contributed by atoms with Gasteiger partial charge in [-0.05, 0) is 12.0 Å². The topological polar surface area (TPSA) is 47.6 Å². The van der Waals surface area contributed by atoms with Crippen LogP contribution in [0.4, 0.5) is 0 Å². The first-order valence-electron chi connectivity index (χ1n) is 4.20. The van der Waals surface area contributed by atoms with Gasteiger partial charge in [0.2, 0.25) is 0 Å². The normalized spacial score (nSPS) is 30.2. The van der Waals surface area contributed by atoms with Crippen LogP contribution in [0.5, 0.6) is 0 Å². The van der Waals surface area contributed by atoms with E-state index in [0.29, 0.717) is 6.42 Å². The zero-order valence-electron chi connectivity index (χ0n) is 7.07. The lowest BCUT2D eigenvalue weighted by molar-refractivity contribution is 0.849. The van der Waals surface area contributed by atoms with E-state index in [0.717, 1.165) is 5.56 Å². The van der Waals surface area contributed by atoms with Gasteiger partial charge >= 0.3 is 0 Å². The summed E-state index contributed by atoms with van der Waals surface area (Å²) in [4.78, 5) is 0. The van der Waals surface area contributed by atoms with Gasteiger partial charge in [-0.15, -0.1) is 0 Å². The van der Waals surface area contributed by atoms with Crippen LogP contribution >= 0.6 is 0 Å². The average molecular weight is 168 g/mol. The summed E-state index contributed by atoms with van der Waals surface area (Å²) >= 11 is 0. The second-order valence-corrected chi connectivity index (χ2v) is 3.33. The first kappa shape index (κ1) is 7.83. The van der Waals surface area contributed by atoms with Gasteiger partial charge in [0.05, 0.1) is 23.5 Å². The van der Waals surface area contributed by atoms with Gasteiger partial charge in [-0.1, -0.05) is 30.3 Å². The van der Waals surface area contributed by atoms with Crippen molar-refractivity contribution in [2.75, 3.05) is 0 Å². The molecule has 62 valence electrons. The highest BCUT2D eigenvalue weighted by Gasteiger charge is 2.56. The molecular weight excluding hydrogens is 160 g/mol. The summed E-state index contributed by atoms with van der Waals surface area (Å²) in [5, 5.41) is 17.7. The molecule has 1 aromatic carbocycles. The van der Waals surface area contributed by atoms with E-state index in [9.17, 15) is 0 Å². The third kappa shape index (κ3) is 0.999. The van der Waals surface area contributed by atoms with Crippen LogP contribution in [0.1, 0.15) is 12.0 Å². The van der Waals surface area contributed by atoms with Crippen molar-refractivity contribution in [1.29, 1.82) is 10.5 Å². The first-order chi connectivity index (χ1) is 6.33. The standard InChI is InChI=1S/C11H8N2/c12-7-10-6-11(10,8-13)9-4-2-1-3-5-9/h1-5,10H,6H2/t10-,11-/m1/s1. The van der Waals surface area contributed by atoms with Gasteiger partial charge in [-0.3, -0.25) is 0 Å². The molecule has 0 aromatic heterocycles. The van der Waals surface area contributed by atoms with E-state index in [1.807, 2.05) is 30.3 Å². The fraction of sp³-hybridized carbons (Fsp3) is 0.273. The van der Waals surface area contributed by atoms with Crippen LogP contribution in [0, 0.1) is 28.6 Å². The van der Waals surface area contributed by atoms with Crippen LogP contribution in [0.2, 0.25) is 0 Å². The Hall–Kier alpha value is -1.80. The Kier molecular flexibility index (Phi) is 1.57. The molecule has 0 amide bonds. The fourth-order valence-electron chi connectivity index (χ4n) is 1.66. The Balaban J connectivity index is 2.39. The maximum absolute atomic E-state index is 9.01. The summed E-state index contributed by atoms with van der Waals surface area (Å²) < 4.78 is 0. The second-order valence-electron chi connectivity index (χ2n) is 3.33. The summed E-state index contributed by atoms with van der Waals surface area (Å²) in [5.74, 6) is -0.111. The van der Waals surface area contributed by atoms with E-state index in [-0.39, 0.29) is 5.92 Å². The summed E-state index contributed by atoms with van der Waals surface area (Å²) in [7, 11) is 0. The monoisotopic (exact) mass is 168 g/mol. The number of benzene rings is 1. The van der Waals surface area contributed by atoms with Gasteiger partial charge < -0.3 is 0 Å². The van der Waals surface area contributed by atoms with Crippen LogP contribution in [0.25, 0.3) is 0 Å². The minimum absolute atomic E-state index is 0.111. The molecule has 0 N–H and O–H groups in total. The number of hydrogen-bond donors (Lipinski definition) is 0. The first-order valence-corrected chi connectivity index (χ1v) is 4.20. The molecule has 1 fully saturated rings. The van der Waals surface area contributed by atoms with E-state index in [2.05, 4.69) is 12.1 Å². The zero-order chi connectivity index (χ0) is 9.31. The van der Waals surface area contributed by atoms with Crippen molar-refractivity contribution < 1.29 is 0 Å². The van der Waals surface area contributed by atoms with E-state index in [4.69, 9.17) is 10.5 Å². The summed E-state index contributed by atoms with van der Waals surface area (Å²) in [5.41, 5.74) is 0.472. The Morgan fingerprint density at radius 1 is 1.23 bits per heavy atom. The summed E-state index contributed by atoms with van der Waals surface area (Å²) in [6.07, 6.45) is 0.685. The molecule has 0 bridgehead atoms. The number of nitrogens with zero attached hydrogens (tertiary/aromatic N) is 2. The Morgan fingerprint density at radius 2 is 1.92 bits per heavy atom. The largest absolute Gasteiger partial charge is 0.198 e. The van der Waals surface area contributed by atoms with Crippen molar-refractivity contribution in [3.05, 3.63) is 35.9 Å². The number of rotatable bonds is 1. The maximum Gasteiger partial charge on any atom is 0.0993 e. The lowest BCUT2D eigenvalue weighted by Gasteiger charge is -2.04. The van der Waals surface area contributed by atoms with Crippen LogP contribution in [-0.2, 0) is 5.41 Å². The molecule has 2 heteroatoms. The maximum atomic E-state index is 9.01. The third-order valence-electron chi connectivity index (χ3n) is 2.61. The predicted octanol–water partition coefficient (Wildman–Crippen LogP) is 1.99. The third-order valence-corrected chi connectivity index (χ3v) is 2.61. The van der Waals surface area contributed by atoms with Crippen LogP contribution < -0.4 is 0 Å². The van der Waals surface area contributed by atoms with Crippen molar-refractivity contribution in [2.24, 2.45) is 5.92 Å². The molecule has 1 aromatic rings.